The van der Waals surface area contributed by atoms with E-state index in [-0.39, 0.29) is 0 Å². The van der Waals surface area contributed by atoms with Gasteiger partial charge in [0, 0.05) is 23.7 Å². The highest BCUT2D eigenvalue weighted by molar-refractivity contribution is 7.99. The smallest absolute Gasteiger partial charge is 0.0108 e. The molecule has 0 heterocycles. The van der Waals surface area contributed by atoms with Gasteiger partial charge in [-0.2, -0.15) is 0 Å². The molecule has 0 atom stereocenters. The number of benzene rings is 1. The number of hydrogen-bond acceptors (Lipinski definition) is 2. The number of rotatable bonds is 6. The van der Waals surface area contributed by atoms with Gasteiger partial charge in [-0.3, -0.25) is 0 Å². The Morgan fingerprint density at radius 3 is 2.59 bits per heavy atom. The zero-order valence-corrected chi connectivity index (χ0v) is 11.6. The van der Waals surface area contributed by atoms with E-state index in [0.717, 1.165) is 5.92 Å². The van der Waals surface area contributed by atoms with Crippen molar-refractivity contribution in [3.63, 3.8) is 0 Å². The topological polar surface area (TPSA) is 3.24 Å². The third-order valence-electron chi connectivity index (χ3n) is 3.53. The zero-order valence-electron chi connectivity index (χ0n) is 10.8. The van der Waals surface area contributed by atoms with Crippen molar-refractivity contribution in [3.05, 3.63) is 30.3 Å². The second-order valence-electron chi connectivity index (χ2n) is 5.07. The lowest BCUT2D eigenvalue weighted by molar-refractivity contribution is 0.293. The summed E-state index contributed by atoms with van der Waals surface area (Å²) in [4.78, 5) is 3.90. The Hall–Kier alpha value is -0.470. The molecule has 0 saturated heterocycles. The highest BCUT2D eigenvalue weighted by Crippen LogP contribution is 2.25. The molecular formula is C15H23NS. The van der Waals surface area contributed by atoms with Gasteiger partial charge in [-0.1, -0.05) is 31.0 Å². The van der Waals surface area contributed by atoms with Crippen molar-refractivity contribution in [2.45, 2.75) is 30.6 Å². The van der Waals surface area contributed by atoms with Crippen LogP contribution in [0.4, 0.5) is 0 Å². The molecule has 0 bridgehead atoms. The van der Waals surface area contributed by atoms with Gasteiger partial charge < -0.3 is 4.90 Å². The quantitative estimate of drug-likeness (QED) is 0.703. The van der Waals surface area contributed by atoms with Crippen LogP contribution in [0, 0.1) is 5.92 Å². The predicted octanol–water partition coefficient (Wildman–Crippen LogP) is 3.90. The van der Waals surface area contributed by atoms with Gasteiger partial charge in [-0.25, -0.2) is 0 Å². The lowest BCUT2D eigenvalue weighted by Gasteiger charge is -2.20. The molecule has 2 rings (SSSR count). The summed E-state index contributed by atoms with van der Waals surface area (Å²) in [5.74, 6) is 2.18. The SMILES string of the molecule is CN(CCSc1ccccc1)CC1CCCC1. The van der Waals surface area contributed by atoms with Crippen LogP contribution in [-0.4, -0.2) is 30.8 Å². The van der Waals surface area contributed by atoms with Crippen LogP contribution in [0.3, 0.4) is 0 Å². The normalized spacial score (nSPS) is 16.8. The second-order valence-corrected chi connectivity index (χ2v) is 6.24. The fourth-order valence-electron chi connectivity index (χ4n) is 2.56. The molecule has 17 heavy (non-hydrogen) atoms. The number of nitrogens with zero attached hydrogens (tertiary/aromatic N) is 1. The maximum absolute atomic E-state index is 2.51. The molecule has 1 aliphatic rings. The molecule has 0 amide bonds. The molecule has 94 valence electrons. The van der Waals surface area contributed by atoms with E-state index < -0.39 is 0 Å². The van der Waals surface area contributed by atoms with Gasteiger partial charge in [0.15, 0.2) is 0 Å². The predicted molar refractivity (Wildman–Crippen MR) is 76.6 cm³/mol. The van der Waals surface area contributed by atoms with Crippen molar-refractivity contribution in [3.8, 4) is 0 Å². The van der Waals surface area contributed by atoms with Gasteiger partial charge in [0.25, 0.3) is 0 Å². The minimum atomic E-state index is 0.974. The Balaban J connectivity index is 1.61. The summed E-state index contributed by atoms with van der Waals surface area (Å²) >= 11 is 1.96. The van der Waals surface area contributed by atoms with Crippen molar-refractivity contribution in [2.24, 2.45) is 5.92 Å². The maximum Gasteiger partial charge on any atom is 0.0108 e. The van der Waals surface area contributed by atoms with Gasteiger partial charge in [0.1, 0.15) is 0 Å². The molecule has 0 spiro atoms. The van der Waals surface area contributed by atoms with Crippen molar-refractivity contribution >= 4 is 11.8 Å². The molecule has 1 nitrogen and oxygen atoms in total. The summed E-state index contributed by atoms with van der Waals surface area (Å²) < 4.78 is 0. The van der Waals surface area contributed by atoms with Crippen molar-refractivity contribution in [1.29, 1.82) is 0 Å². The molecule has 0 aliphatic heterocycles. The largest absolute Gasteiger partial charge is 0.305 e. The van der Waals surface area contributed by atoms with Gasteiger partial charge in [0.05, 0.1) is 0 Å². The molecule has 0 N–H and O–H groups in total. The molecule has 1 fully saturated rings. The number of thioether (sulfide) groups is 1. The molecule has 1 aromatic rings. The lowest BCUT2D eigenvalue weighted by Crippen LogP contribution is -2.26. The van der Waals surface area contributed by atoms with Crippen LogP contribution in [0.1, 0.15) is 25.7 Å². The summed E-state index contributed by atoms with van der Waals surface area (Å²) in [7, 11) is 2.27. The monoisotopic (exact) mass is 249 g/mol. The minimum Gasteiger partial charge on any atom is -0.305 e. The van der Waals surface area contributed by atoms with Gasteiger partial charge in [-0.05, 0) is 37.9 Å². The highest BCUT2D eigenvalue weighted by atomic mass is 32.2. The van der Waals surface area contributed by atoms with Gasteiger partial charge in [-0.15, -0.1) is 11.8 Å². The van der Waals surface area contributed by atoms with Crippen LogP contribution in [-0.2, 0) is 0 Å². The molecule has 0 unspecified atom stereocenters. The van der Waals surface area contributed by atoms with Crippen molar-refractivity contribution < 1.29 is 0 Å². The Labute approximate surface area is 110 Å². The molecule has 1 saturated carbocycles. The number of hydrogen-bond donors (Lipinski definition) is 0. The summed E-state index contributed by atoms with van der Waals surface area (Å²) in [5, 5.41) is 0. The van der Waals surface area contributed by atoms with E-state index >= 15 is 0 Å². The fourth-order valence-corrected chi connectivity index (χ4v) is 3.55. The molecule has 0 aromatic heterocycles. The lowest BCUT2D eigenvalue weighted by atomic mass is 10.1. The fraction of sp³-hybridized carbons (Fsp3) is 0.600. The van der Waals surface area contributed by atoms with E-state index in [2.05, 4.69) is 42.3 Å². The standard InChI is InChI=1S/C15H23NS/c1-16(13-14-7-5-6-8-14)11-12-17-15-9-3-2-4-10-15/h2-4,9-10,14H,5-8,11-13H2,1H3. The van der Waals surface area contributed by atoms with Crippen LogP contribution in [0.15, 0.2) is 35.2 Å². The van der Waals surface area contributed by atoms with Crippen LogP contribution in [0.25, 0.3) is 0 Å². The third-order valence-corrected chi connectivity index (χ3v) is 4.52. The molecular weight excluding hydrogens is 226 g/mol. The first kappa shape index (κ1) is 13.0. The zero-order chi connectivity index (χ0) is 11.9. The van der Waals surface area contributed by atoms with E-state index in [1.54, 1.807) is 0 Å². The van der Waals surface area contributed by atoms with E-state index in [1.165, 1.54) is 49.4 Å². The molecule has 1 aliphatic carbocycles. The van der Waals surface area contributed by atoms with Crippen LogP contribution in [0.5, 0.6) is 0 Å². The first-order valence-corrected chi connectivity index (χ1v) is 7.69. The van der Waals surface area contributed by atoms with Crippen molar-refractivity contribution in [1.82, 2.24) is 4.90 Å². The Morgan fingerprint density at radius 1 is 1.18 bits per heavy atom. The second kappa shape index (κ2) is 7.07. The molecule has 1 aromatic carbocycles. The highest BCUT2D eigenvalue weighted by Gasteiger charge is 2.16. The summed E-state index contributed by atoms with van der Waals surface area (Å²) in [5.41, 5.74) is 0. The Morgan fingerprint density at radius 2 is 1.88 bits per heavy atom. The molecule has 2 heteroatoms. The van der Waals surface area contributed by atoms with Gasteiger partial charge in [0.2, 0.25) is 0 Å². The maximum atomic E-state index is 2.51. The average Bonchev–Trinajstić information content (AvgIpc) is 2.83. The van der Waals surface area contributed by atoms with E-state index in [4.69, 9.17) is 0 Å². The summed E-state index contributed by atoms with van der Waals surface area (Å²) in [6, 6.07) is 10.7. The van der Waals surface area contributed by atoms with Crippen LogP contribution in [0.2, 0.25) is 0 Å². The van der Waals surface area contributed by atoms with E-state index in [0.29, 0.717) is 0 Å². The first-order chi connectivity index (χ1) is 8.34. The average molecular weight is 249 g/mol. The van der Waals surface area contributed by atoms with E-state index in [1.807, 2.05) is 11.8 Å². The van der Waals surface area contributed by atoms with Gasteiger partial charge >= 0.3 is 0 Å². The van der Waals surface area contributed by atoms with E-state index in [9.17, 15) is 0 Å². The third kappa shape index (κ3) is 4.72. The van der Waals surface area contributed by atoms with Crippen LogP contribution < -0.4 is 0 Å². The van der Waals surface area contributed by atoms with Crippen LogP contribution >= 0.6 is 11.8 Å². The van der Waals surface area contributed by atoms with Crippen molar-refractivity contribution in [2.75, 3.05) is 25.9 Å². The minimum absolute atomic E-state index is 0.974. The molecule has 0 radical (unpaired) electrons. The first-order valence-electron chi connectivity index (χ1n) is 6.71. The Bertz CT molecular complexity index is 306. The Kier molecular flexibility index (Phi) is 5.40. The summed E-state index contributed by atoms with van der Waals surface area (Å²) in [6.45, 7) is 2.51. The summed E-state index contributed by atoms with van der Waals surface area (Å²) in [6.07, 6.45) is 5.82.